The molecule has 0 unspecified atom stereocenters. The van der Waals surface area contributed by atoms with Crippen LogP contribution in [0.25, 0.3) is 0 Å². The molecule has 6 nitrogen and oxygen atoms in total. The van der Waals surface area contributed by atoms with Crippen LogP contribution in [0.5, 0.6) is 0 Å². The van der Waals surface area contributed by atoms with Gasteiger partial charge in [0.2, 0.25) is 0 Å². The molecule has 0 aliphatic carbocycles. The average molecular weight is 298 g/mol. The maximum Gasteiger partial charge on any atom is 0.251 e. The molecule has 0 spiro atoms. The largest absolute Gasteiger partial charge is 0.394 e. The first kappa shape index (κ1) is 13.5. The summed E-state index contributed by atoms with van der Waals surface area (Å²) >= 11 is 0. The zero-order valence-corrected chi connectivity index (χ0v) is 12.2. The van der Waals surface area contributed by atoms with Gasteiger partial charge in [-0.05, 0) is 12.5 Å². The van der Waals surface area contributed by atoms with E-state index in [2.05, 4.69) is 14.9 Å². The average Bonchev–Trinajstić information content (AvgIpc) is 2.57. The zero-order chi connectivity index (χ0) is 15.1. The fourth-order valence-electron chi connectivity index (χ4n) is 3.92. The van der Waals surface area contributed by atoms with Crippen molar-refractivity contribution in [2.75, 3.05) is 24.6 Å². The third-order valence-corrected chi connectivity index (χ3v) is 4.86. The van der Waals surface area contributed by atoms with Crippen molar-refractivity contribution in [2.24, 2.45) is 5.92 Å². The molecule has 0 radical (unpaired) electrons. The molecular weight excluding hydrogens is 280 g/mol. The van der Waals surface area contributed by atoms with Crippen LogP contribution in [0.2, 0.25) is 0 Å². The molecule has 114 valence electrons. The van der Waals surface area contributed by atoms with Gasteiger partial charge in [0.15, 0.2) is 0 Å². The standard InChI is InChI=1S/C16H18N4O2/c21-10-14-12-6-11(13-2-1-3-16(22)20(13)14)8-19(9-12)15-7-17-4-5-18-15/h1-5,7,11-12,14,21H,6,8-10H2/t11-,12+,14+/m1/s1. The Bertz CT molecular complexity index is 730. The number of aliphatic hydroxyl groups is 1. The van der Waals surface area contributed by atoms with E-state index in [9.17, 15) is 9.90 Å². The van der Waals surface area contributed by atoms with Crippen LogP contribution in [-0.4, -0.2) is 39.3 Å². The van der Waals surface area contributed by atoms with Crippen molar-refractivity contribution in [3.8, 4) is 0 Å². The molecule has 22 heavy (non-hydrogen) atoms. The summed E-state index contributed by atoms with van der Waals surface area (Å²) in [5.74, 6) is 1.40. The minimum Gasteiger partial charge on any atom is -0.394 e. The highest BCUT2D eigenvalue weighted by atomic mass is 16.3. The van der Waals surface area contributed by atoms with Gasteiger partial charge in [0.25, 0.3) is 5.56 Å². The predicted octanol–water partition coefficient (Wildman–Crippen LogP) is 0.795. The molecule has 4 rings (SSSR count). The van der Waals surface area contributed by atoms with Crippen LogP contribution in [-0.2, 0) is 0 Å². The molecule has 2 aliphatic heterocycles. The fraction of sp³-hybridized carbons (Fsp3) is 0.438. The van der Waals surface area contributed by atoms with Gasteiger partial charge in [-0.25, -0.2) is 4.98 Å². The third kappa shape index (κ3) is 2.02. The van der Waals surface area contributed by atoms with E-state index in [1.54, 1.807) is 29.2 Å². The smallest absolute Gasteiger partial charge is 0.251 e. The second-order valence-electron chi connectivity index (χ2n) is 6.07. The predicted molar refractivity (Wildman–Crippen MR) is 81.9 cm³/mol. The van der Waals surface area contributed by atoms with Crippen LogP contribution in [0.15, 0.2) is 41.6 Å². The minimum absolute atomic E-state index is 0.0113. The van der Waals surface area contributed by atoms with E-state index in [4.69, 9.17) is 0 Å². The molecule has 1 N–H and O–H groups in total. The number of piperidine rings is 1. The van der Waals surface area contributed by atoms with Gasteiger partial charge in [0.1, 0.15) is 5.82 Å². The van der Waals surface area contributed by atoms with Gasteiger partial charge in [-0.1, -0.05) is 6.07 Å². The van der Waals surface area contributed by atoms with Gasteiger partial charge in [-0.3, -0.25) is 9.78 Å². The van der Waals surface area contributed by atoms with Crippen molar-refractivity contribution in [1.29, 1.82) is 0 Å². The summed E-state index contributed by atoms with van der Waals surface area (Å²) in [6.07, 6.45) is 6.14. The van der Waals surface area contributed by atoms with E-state index in [-0.39, 0.29) is 30.0 Å². The van der Waals surface area contributed by atoms with E-state index < -0.39 is 0 Å². The molecular formula is C16H18N4O2. The van der Waals surface area contributed by atoms with Crippen molar-refractivity contribution in [3.05, 3.63) is 52.8 Å². The van der Waals surface area contributed by atoms with Crippen LogP contribution in [0.1, 0.15) is 24.1 Å². The highest BCUT2D eigenvalue weighted by Gasteiger charge is 2.40. The van der Waals surface area contributed by atoms with E-state index in [0.717, 1.165) is 31.0 Å². The Kier molecular flexibility index (Phi) is 3.18. The highest BCUT2D eigenvalue weighted by molar-refractivity contribution is 5.38. The number of anilines is 1. The Morgan fingerprint density at radius 1 is 1.27 bits per heavy atom. The minimum atomic E-state index is -0.153. The van der Waals surface area contributed by atoms with Gasteiger partial charge in [-0.2, -0.15) is 0 Å². The van der Waals surface area contributed by atoms with Gasteiger partial charge >= 0.3 is 0 Å². The second-order valence-corrected chi connectivity index (χ2v) is 6.07. The molecule has 0 aromatic carbocycles. The molecule has 0 amide bonds. The molecule has 0 saturated carbocycles. The fourth-order valence-corrected chi connectivity index (χ4v) is 3.92. The summed E-state index contributed by atoms with van der Waals surface area (Å²) < 4.78 is 1.80. The molecule has 1 saturated heterocycles. The number of fused-ring (bicyclic) bond motifs is 4. The summed E-state index contributed by atoms with van der Waals surface area (Å²) in [5.41, 5.74) is 1.01. The SMILES string of the molecule is O=c1cccc2n1[C@@H](CO)[C@H]1C[C@@H]2CN(c2cnccn2)C1. The Morgan fingerprint density at radius 2 is 2.18 bits per heavy atom. The first-order valence-corrected chi connectivity index (χ1v) is 7.61. The number of rotatable bonds is 2. The van der Waals surface area contributed by atoms with Crippen molar-refractivity contribution >= 4 is 5.82 Å². The Labute approximate surface area is 128 Å². The number of hydrogen-bond donors (Lipinski definition) is 1. The van der Waals surface area contributed by atoms with Gasteiger partial charge in [0, 0.05) is 49.1 Å². The monoisotopic (exact) mass is 298 g/mol. The zero-order valence-electron chi connectivity index (χ0n) is 12.2. The summed E-state index contributed by atoms with van der Waals surface area (Å²) in [6, 6.07) is 5.24. The number of pyridine rings is 1. The van der Waals surface area contributed by atoms with Crippen LogP contribution < -0.4 is 10.5 Å². The van der Waals surface area contributed by atoms with Crippen molar-refractivity contribution in [2.45, 2.75) is 18.4 Å². The van der Waals surface area contributed by atoms with E-state index in [0.29, 0.717) is 0 Å². The molecule has 3 atom stereocenters. The summed E-state index contributed by atoms with van der Waals surface area (Å²) in [6.45, 7) is 1.61. The lowest BCUT2D eigenvalue weighted by atomic mass is 9.78. The molecule has 6 heteroatoms. The first-order valence-electron chi connectivity index (χ1n) is 7.61. The van der Waals surface area contributed by atoms with Crippen LogP contribution in [0.4, 0.5) is 5.82 Å². The Morgan fingerprint density at radius 3 is 2.95 bits per heavy atom. The lowest BCUT2D eigenvalue weighted by Gasteiger charge is -2.46. The molecule has 2 bridgehead atoms. The second kappa shape index (κ2) is 5.21. The Balaban J connectivity index is 1.76. The third-order valence-electron chi connectivity index (χ3n) is 4.86. The normalized spacial score (nSPS) is 26.6. The van der Waals surface area contributed by atoms with E-state index >= 15 is 0 Å². The number of nitrogens with zero attached hydrogens (tertiary/aromatic N) is 4. The summed E-state index contributed by atoms with van der Waals surface area (Å²) in [7, 11) is 0. The molecule has 2 aromatic heterocycles. The maximum atomic E-state index is 12.2. The highest BCUT2D eigenvalue weighted by Crippen LogP contribution is 2.41. The lowest BCUT2D eigenvalue weighted by molar-refractivity contribution is 0.132. The van der Waals surface area contributed by atoms with Gasteiger partial charge in [0.05, 0.1) is 18.8 Å². The topological polar surface area (TPSA) is 71.2 Å². The molecule has 1 fully saturated rings. The quantitative estimate of drug-likeness (QED) is 0.888. The van der Waals surface area contributed by atoms with Crippen LogP contribution in [0, 0.1) is 5.92 Å². The first-order chi connectivity index (χ1) is 10.8. The lowest BCUT2D eigenvalue weighted by Crippen LogP contribution is -2.50. The van der Waals surface area contributed by atoms with Crippen LogP contribution >= 0.6 is 0 Å². The number of hydrogen-bond acceptors (Lipinski definition) is 5. The van der Waals surface area contributed by atoms with Crippen molar-refractivity contribution in [3.63, 3.8) is 0 Å². The molecule has 4 heterocycles. The van der Waals surface area contributed by atoms with Crippen molar-refractivity contribution in [1.82, 2.24) is 14.5 Å². The summed E-state index contributed by atoms with van der Waals surface area (Å²) in [5, 5.41) is 9.82. The Hall–Kier alpha value is -2.21. The van der Waals surface area contributed by atoms with Gasteiger partial charge < -0.3 is 14.6 Å². The maximum absolute atomic E-state index is 12.2. The van der Waals surface area contributed by atoms with E-state index in [1.807, 2.05) is 12.1 Å². The van der Waals surface area contributed by atoms with E-state index in [1.165, 1.54) is 0 Å². The van der Waals surface area contributed by atoms with Crippen LogP contribution in [0.3, 0.4) is 0 Å². The number of aliphatic hydroxyl groups excluding tert-OH is 1. The van der Waals surface area contributed by atoms with Gasteiger partial charge in [-0.15, -0.1) is 0 Å². The number of aromatic nitrogens is 3. The summed E-state index contributed by atoms with van der Waals surface area (Å²) in [4.78, 5) is 23.0. The molecule has 2 aliphatic rings. The molecule has 2 aromatic rings. The van der Waals surface area contributed by atoms with Crippen molar-refractivity contribution < 1.29 is 5.11 Å².